The van der Waals surface area contributed by atoms with Crippen molar-refractivity contribution in [2.45, 2.75) is 104 Å². The van der Waals surface area contributed by atoms with Crippen molar-refractivity contribution in [3.63, 3.8) is 0 Å². The zero-order chi connectivity index (χ0) is 23.3. The third-order valence-corrected chi connectivity index (χ3v) is 5.96. The second kappa shape index (κ2) is 14.4. The Morgan fingerprint density at radius 3 is 1.70 bits per heavy atom. The number of carbonyl (C=O) groups excluding carboxylic acids is 1. The number of hydrogen-bond acceptors (Lipinski definition) is 6. The number of hydrogen-bond donors (Lipinski definition) is 0. The highest BCUT2D eigenvalue weighted by molar-refractivity contribution is 7.48. The van der Waals surface area contributed by atoms with E-state index in [0.29, 0.717) is 13.2 Å². The first-order valence-electron chi connectivity index (χ1n) is 11.0. The molecule has 0 aromatic heterocycles. The highest BCUT2D eigenvalue weighted by Gasteiger charge is 2.36. The van der Waals surface area contributed by atoms with Crippen LogP contribution in [0.15, 0.2) is 12.7 Å². The molecule has 0 saturated carbocycles. The molecule has 0 saturated heterocycles. The lowest BCUT2D eigenvalue weighted by atomic mass is 10.1. The summed E-state index contributed by atoms with van der Waals surface area (Å²) in [6.45, 7) is 15.4. The van der Waals surface area contributed by atoms with Crippen molar-refractivity contribution in [3.8, 4) is 0 Å². The molecule has 0 aliphatic rings. The normalized spacial score (nSPS) is 12.8. The summed E-state index contributed by atoms with van der Waals surface area (Å²) in [4.78, 5) is 16.5. The molecule has 0 aromatic rings. The number of phosphoric acid groups is 1. The minimum Gasteiger partial charge on any atom is -0.287 e. The molecule has 178 valence electrons. The molecule has 0 heterocycles. The van der Waals surface area contributed by atoms with Gasteiger partial charge in [0, 0.05) is 6.54 Å². The highest BCUT2D eigenvalue weighted by atomic mass is 31.2. The molecular formula is C22H44NO6P. The van der Waals surface area contributed by atoms with Gasteiger partial charge in [-0.15, -0.1) is 0 Å². The molecule has 0 aromatic carbocycles. The highest BCUT2D eigenvalue weighted by Crippen LogP contribution is 2.55. The zero-order valence-corrected chi connectivity index (χ0v) is 21.1. The zero-order valence-electron chi connectivity index (χ0n) is 20.2. The van der Waals surface area contributed by atoms with E-state index >= 15 is 0 Å². The summed E-state index contributed by atoms with van der Waals surface area (Å²) in [6.07, 6.45) is 9.60. The van der Waals surface area contributed by atoms with Crippen molar-refractivity contribution >= 4 is 13.7 Å². The smallest absolute Gasteiger partial charge is 0.287 e. The van der Waals surface area contributed by atoms with Gasteiger partial charge in [0.1, 0.15) is 0 Å². The summed E-state index contributed by atoms with van der Waals surface area (Å²) >= 11 is 0. The van der Waals surface area contributed by atoms with Crippen LogP contribution in [-0.4, -0.2) is 42.4 Å². The number of rotatable bonds is 16. The minimum atomic E-state index is -3.60. The van der Waals surface area contributed by atoms with E-state index in [1.54, 1.807) is 0 Å². The van der Waals surface area contributed by atoms with Crippen LogP contribution in [-0.2, 0) is 27.8 Å². The van der Waals surface area contributed by atoms with Crippen LogP contribution in [0.2, 0.25) is 0 Å². The Kier molecular flexibility index (Phi) is 14.0. The average Bonchev–Trinajstić information content (AvgIpc) is 2.58. The predicted molar refractivity (Wildman–Crippen MR) is 121 cm³/mol. The summed E-state index contributed by atoms with van der Waals surface area (Å²) in [5.41, 5.74) is -1.22. The van der Waals surface area contributed by atoms with Crippen LogP contribution < -0.4 is 0 Å². The molecule has 0 aliphatic heterocycles. The molecule has 0 radical (unpaired) electrons. The average molecular weight is 450 g/mol. The van der Waals surface area contributed by atoms with Gasteiger partial charge in [-0.25, -0.2) is 9.63 Å². The molecule has 7 nitrogen and oxygen atoms in total. The second-order valence-corrected chi connectivity index (χ2v) is 10.9. The van der Waals surface area contributed by atoms with Gasteiger partial charge < -0.3 is 0 Å². The fourth-order valence-corrected chi connectivity index (χ4v) is 4.57. The molecule has 0 aliphatic carbocycles. The van der Waals surface area contributed by atoms with Gasteiger partial charge in [0.2, 0.25) is 0 Å². The molecule has 0 spiro atoms. The quantitative estimate of drug-likeness (QED) is 0.117. The standard InChI is InChI=1S/C22H44NO6P/c1-9-20(24)23(26-8)18-16-14-12-10-11-13-15-17-19-27-30(25,28-21(2,3)4)29-22(5,6)7/h9H,1,10-19H2,2-8H3. The Balaban J connectivity index is 3.92. The molecule has 1 amide bonds. The summed E-state index contributed by atoms with van der Waals surface area (Å²) in [7, 11) is -2.11. The van der Waals surface area contributed by atoms with Gasteiger partial charge in [0.25, 0.3) is 5.91 Å². The number of phosphoric ester groups is 1. The Hall–Kier alpha value is -0.720. The summed E-state index contributed by atoms with van der Waals surface area (Å²) in [5.74, 6) is -0.204. The van der Waals surface area contributed by atoms with Gasteiger partial charge in [0.05, 0.1) is 24.9 Å². The van der Waals surface area contributed by atoms with Crippen LogP contribution in [0, 0.1) is 0 Å². The molecule has 30 heavy (non-hydrogen) atoms. The van der Waals surface area contributed by atoms with E-state index in [-0.39, 0.29) is 5.91 Å². The van der Waals surface area contributed by atoms with E-state index in [1.165, 1.54) is 18.2 Å². The van der Waals surface area contributed by atoms with E-state index in [0.717, 1.165) is 51.4 Å². The predicted octanol–water partition coefficient (Wildman–Crippen LogP) is 6.44. The maximum absolute atomic E-state index is 12.9. The first-order valence-corrected chi connectivity index (χ1v) is 12.4. The fraction of sp³-hybridized carbons (Fsp3) is 0.864. The van der Waals surface area contributed by atoms with Crippen LogP contribution >= 0.6 is 7.82 Å². The largest absolute Gasteiger partial charge is 0.475 e. The lowest BCUT2D eigenvalue weighted by molar-refractivity contribution is -0.170. The van der Waals surface area contributed by atoms with E-state index < -0.39 is 19.0 Å². The lowest BCUT2D eigenvalue weighted by Crippen LogP contribution is -2.29. The number of carbonyl (C=O) groups is 1. The van der Waals surface area contributed by atoms with Crippen molar-refractivity contribution < 1.29 is 27.8 Å². The van der Waals surface area contributed by atoms with E-state index in [4.69, 9.17) is 18.4 Å². The molecule has 0 N–H and O–H groups in total. The first kappa shape index (κ1) is 29.3. The molecular weight excluding hydrogens is 405 g/mol. The Morgan fingerprint density at radius 1 is 0.867 bits per heavy atom. The third kappa shape index (κ3) is 16.0. The van der Waals surface area contributed by atoms with Gasteiger partial charge in [0.15, 0.2) is 0 Å². The van der Waals surface area contributed by atoms with Gasteiger partial charge >= 0.3 is 7.82 Å². The number of amides is 1. The molecule has 0 unspecified atom stereocenters. The van der Waals surface area contributed by atoms with E-state index in [2.05, 4.69) is 6.58 Å². The summed E-state index contributed by atoms with van der Waals surface area (Å²) < 4.78 is 29.7. The van der Waals surface area contributed by atoms with Crippen molar-refractivity contribution in [1.29, 1.82) is 0 Å². The SMILES string of the molecule is C=CC(=O)N(CCCCCCCCCCOP(=O)(OC(C)(C)C)OC(C)(C)C)OC. The molecule has 0 rings (SSSR count). The Labute approximate surface area is 184 Å². The molecule has 0 bridgehead atoms. The maximum Gasteiger partial charge on any atom is 0.475 e. The number of unbranched alkanes of at least 4 members (excludes halogenated alkanes) is 7. The second-order valence-electron chi connectivity index (χ2n) is 9.34. The van der Waals surface area contributed by atoms with E-state index in [1.807, 2.05) is 41.5 Å². The lowest BCUT2D eigenvalue weighted by Gasteiger charge is -2.30. The van der Waals surface area contributed by atoms with Crippen molar-refractivity contribution in [3.05, 3.63) is 12.7 Å². The van der Waals surface area contributed by atoms with Crippen molar-refractivity contribution in [2.24, 2.45) is 0 Å². The molecule has 0 atom stereocenters. The van der Waals surface area contributed by atoms with Crippen LogP contribution in [0.1, 0.15) is 92.9 Å². The first-order chi connectivity index (χ1) is 13.8. The fourth-order valence-electron chi connectivity index (χ4n) is 2.73. The van der Waals surface area contributed by atoms with Gasteiger partial charge in [-0.05, 0) is 60.5 Å². The van der Waals surface area contributed by atoms with Crippen LogP contribution in [0.25, 0.3) is 0 Å². The topological polar surface area (TPSA) is 74.3 Å². The maximum atomic E-state index is 12.9. The number of hydroxylamine groups is 2. The summed E-state index contributed by atoms with van der Waals surface area (Å²) in [6, 6.07) is 0. The third-order valence-electron chi connectivity index (χ3n) is 3.92. The van der Waals surface area contributed by atoms with Crippen LogP contribution in [0.5, 0.6) is 0 Å². The number of nitrogens with zero attached hydrogens (tertiary/aromatic N) is 1. The Bertz CT molecular complexity index is 519. The minimum absolute atomic E-state index is 0.204. The van der Waals surface area contributed by atoms with Crippen LogP contribution in [0.4, 0.5) is 0 Å². The van der Waals surface area contributed by atoms with Crippen molar-refractivity contribution in [2.75, 3.05) is 20.3 Å². The monoisotopic (exact) mass is 449 g/mol. The van der Waals surface area contributed by atoms with Crippen LogP contribution in [0.3, 0.4) is 0 Å². The Morgan fingerprint density at radius 2 is 1.30 bits per heavy atom. The van der Waals surface area contributed by atoms with Gasteiger partial charge in [-0.1, -0.05) is 45.1 Å². The summed E-state index contributed by atoms with van der Waals surface area (Å²) in [5, 5.41) is 1.33. The van der Waals surface area contributed by atoms with Gasteiger partial charge in [-0.2, -0.15) is 0 Å². The molecule has 0 fully saturated rings. The van der Waals surface area contributed by atoms with E-state index in [9.17, 15) is 9.36 Å². The van der Waals surface area contributed by atoms with Gasteiger partial charge in [-0.3, -0.25) is 23.2 Å². The molecule has 8 heteroatoms. The van der Waals surface area contributed by atoms with Crippen molar-refractivity contribution in [1.82, 2.24) is 5.06 Å².